The predicted molar refractivity (Wildman–Crippen MR) is 99.3 cm³/mol. The number of amides is 1. The van der Waals surface area contributed by atoms with E-state index >= 15 is 0 Å². The lowest BCUT2D eigenvalue weighted by atomic mass is 10.1. The topological polar surface area (TPSA) is 103 Å². The van der Waals surface area contributed by atoms with Crippen LogP contribution < -0.4 is 10.3 Å². The minimum Gasteiger partial charge on any atom is -0.477 e. The molecule has 2 fully saturated rings. The minimum atomic E-state index is -1.32. The van der Waals surface area contributed by atoms with E-state index in [1.54, 1.807) is 15.5 Å². The normalized spacial score (nSPS) is 17.2. The maximum absolute atomic E-state index is 14.8. The average molecular weight is 389 g/mol. The third kappa shape index (κ3) is 3.11. The fourth-order valence-corrected chi connectivity index (χ4v) is 3.70. The summed E-state index contributed by atoms with van der Waals surface area (Å²) in [5.74, 6) is -2.28. The first-order valence-corrected chi connectivity index (χ1v) is 9.16. The van der Waals surface area contributed by atoms with Gasteiger partial charge in [-0.3, -0.25) is 9.59 Å². The van der Waals surface area contributed by atoms with Gasteiger partial charge < -0.3 is 24.6 Å². The Morgan fingerprint density at radius 3 is 2.39 bits per heavy atom. The number of carboxylic acid groups (broad SMARTS) is 1. The van der Waals surface area contributed by atoms with Gasteiger partial charge in [-0.15, -0.1) is 0 Å². The number of aliphatic hydroxyl groups excluding tert-OH is 1. The van der Waals surface area contributed by atoms with Gasteiger partial charge in [-0.1, -0.05) is 0 Å². The van der Waals surface area contributed by atoms with Crippen LogP contribution in [0.5, 0.6) is 0 Å². The number of aliphatic hydroxyl groups is 1. The van der Waals surface area contributed by atoms with Crippen molar-refractivity contribution in [2.75, 3.05) is 37.7 Å². The Kier molecular flexibility index (Phi) is 4.54. The second-order valence-electron chi connectivity index (χ2n) is 7.16. The predicted octanol–water partition coefficient (Wildman–Crippen LogP) is 0.815. The number of anilines is 1. The first-order valence-electron chi connectivity index (χ1n) is 9.16. The van der Waals surface area contributed by atoms with Gasteiger partial charge in [-0.2, -0.15) is 0 Å². The van der Waals surface area contributed by atoms with Crippen LogP contribution >= 0.6 is 0 Å². The highest BCUT2D eigenvalue weighted by molar-refractivity contribution is 5.93. The molecule has 2 N–H and O–H groups in total. The second-order valence-corrected chi connectivity index (χ2v) is 7.16. The van der Waals surface area contributed by atoms with Gasteiger partial charge in [0.25, 0.3) is 0 Å². The van der Waals surface area contributed by atoms with Gasteiger partial charge in [0, 0.05) is 43.8 Å². The number of carboxylic acids is 1. The van der Waals surface area contributed by atoms with Crippen molar-refractivity contribution in [2.45, 2.75) is 18.9 Å². The molecule has 1 aromatic carbocycles. The Bertz CT molecular complexity index is 1020. The SMILES string of the molecule is O=C(O)c1cn(C2CC2)c2cc(N3CCN(C(=O)CO)CC3)c(F)cc2c1=O. The number of hydrogen-bond acceptors (Lipinski definition) is 5. The summed E-state index contributed by atoms with van der Waals surface area (Å²) in [5.41, 5.74) is -0.214. The number of carbonyl (C=O) groups is 2. The quantitative estimate of drug-likeness (QED) is 0.802. The third-order valence-electron chi connectivity index (χ3n) is 5.38. The van der Waals surface area contributed by atoms with Crippen molar-refractivity contribution in [3.63, 3.8) is 0 Å². The van der Waals surface area contributed by atoms with Crippen LogP contribution in [0.4, 0.5) is 10.1 Å². The lowest BCUT2D eigenvalue weighted by Crippen LogP contribution is -2.49. The monoisotopic (exact) mass is 389 g/mol. The molecule has 0 bridgehead atoms. The summed E-state index contributed by atoms with van der Waals surface area (Å²) in [4.78, 5) is 38.8. The van der Waals surface area contributed by atoms with Crippen molar-refractivity contribution < 1.29 is 24.2 Å². The first-order chi connectivity index (χ1) is 13.4. The van der Waals surface area contributed by atoms with Crippen molar-refractivity contribution in [1.29, 1.82) is 0 Å². The zero-order valence-corrected chi connectivity index (χ0v) is 15.1. The molecule has 9 heteroatoms. The van der Waals surface area contributed by atoms with Crippen LogP contribution in [0.15, 0.2) is 23.1 Å². The molecule has 1 aromatic heterocycles. The van der Waals surface area contributed by atoms with Crippen molar-refractivity contribution in [3.8, 4) is 0 Å². The summed E-state index contributed by atoms with van der Waals surface area (Å²) in [6, 6.07) is 2.82. The minimum absolute atomic E-state index is 0.0575. The number of hydrogen-bond donors (Lipinski definition) is 2. The van der Waals surface area contributed by atoms with Crippen LogP contribution in [-0.4, -0.2) is 64.3 Å². The Balaban J connectivity index is 1.75. The molecule has 0 unspecified atom stereocenters. The highest BCUT2D eigenvalue weighted by Gasteiger charge is 2.28. The summed E-state index contributed by atoms with van der Waals surface area (Å²) in [7, 11) is 0. The molecule has 8 nitrogen and oxygen atoms in total. The second kappa shape index (κ2) is 6.90. The van der Waals surface area contributed by atoms with Crippen molar-refractivity contribution >= 4 is 28.5 Å². The molecule has 0 radical (unpaired) electrons. The van der Waals surface area contributed by atoms with Gasteiger partial charge in [0.2, 0.25) is 11.3 Å². The van der Waals surface area contributed by atoms with E-state index in [1.807, 2.05) is 0 Å². The van der Waals surface area contributed by atoms with Crippen LogP contribution in [0.1, 0.15) is 29.2 Å². The number of aromatic nitrogens is 1. The number of benzene rings is 1. The van der Waals surface area contributed by atoms with Crippen LogP contribution in [0.2, 0.25) is 0 Å². The van der Waals surface area contributed by atoms with E-state index in [0.29, 0.717) is 37.4 Å². The molecule has 148 valence electrons. The van der Waals surface area contributed by atoms with Gasteiger partial charge in [-0.05, 0) is 25.0 Å². The van der Waals surface area contributed by atoms with Crippen LogP contribution in [-0.2, 0) is 4.79 Å². The molecule has 1 aliphatic heterocycles. The Morgan fingerprint density at radius 2 is 1.82 bits per heavy atom. The van der Waals surface area contributed by atoms with Gasteiger partial charge in [0.15, 0.2) is 0 Å². The standard InChI is InChI=1S/C19H20FN3O5/c20-14-7-12-15(23(11-1-2-11)9-13(18(12)26)19(27)28)8-16(14)21-3-5-22(6-4-21)17(25)10-24/h7-9,11,24H,1-6,10H2,(H,27,28). The molecule has 2 aliphatic rings. The van der Waals surface area contributed by atoms with E-state index in [9.17, 15) is 23.9 Å². The molecule has 1 saturated heterocycles. The molecular formula is C19H20FN3O5. The molecule has 1 aliphatic carbocycles. The molecule has 2 aromatic rings. The van der Waals surface area contributed by atoms with E-state index in [4.69, 9.17) is 5.11 Å². The average Bonchev–Trinajstić information content (AvgIpc) is 3.52. The zero-order chi connectivity index (χ0) is 20.0. The zero-order valence-electron chi connectivity index (χ0n) is 15.1. The Hall–Kier alpha value is -2.94. The lowest BCUT2D eigenvalue weighted by molar-refractivity contribution is -0.134. The molecule has 0 spiro atoms. The van der Waals surface area contributed by atoms with Gasteiger partial charge >= 0.3 is 5.97 Å². The highest BCUT2D eigenvalue weighted by Crippen LogP contribution is 2.38. The maximum Gasteiger partial charge on any atom is 0.341 e. The molecule has 1 saturated carbocycles. The van der Waals surface area contributed by atoms with Gasteiger partial charge in [-0.25, -0.2) is 9.18 Å². The van der Waals surface area contributed by atoms with E-state index in [2.05, 4.69) is 0 Å². The molecule has 28 heavy (non-hydrogen) atoms. The molecular weight excluding hydrogens is 369 g/mol. The number of aromatic carboxylic acids is 1. The Labute approximate surface area is 159 Å². The summed E-state index contributed by atoms with van der Waals surface area (Å²) in [5, 5.41) is 18.3. The van der Waals surface area contributed by atoms with Gasteiger partial charge in [0.1, 0.15) is 18.0 Å². The third-order valence-corrected chi connectivity index (χ3v) is 5.38. The van der Waals surface area contributed by atoms with Crippen LogP contribution in [0.25, 0.3) is 10.9 Å². The summed E-state index contributed by atoms with van der Waals surface area (Å²) in [6.45, 7) is 0.975. The van der Waals surface area contributed by atoms with E-state index < -0.39 is 23.8 Å². The number of piperazine rings is 1. The molecule has 2 heterocycles. The van der Waals surface area contributed by atoms with E-state index in [1.165, 1.54) is 11.1 Å². The van der Waals surface area contributed by atoms with Crippen molar-refractivity contribution in [1.82, 2.24) is 9.47 Å². The number of rotatable bonds is 4. The van der Waals surface area contributed by atoms with Crippen LogP contribution in [0, 0.1) is 5.82 Å². The molecule has 0 atom stereocenters. The number of carbonyl (C=O) groups excluding carboxylic acids is 1. The summed E-state index contributed by atoms with van der Waals surface area (Å²) < 4.78 is 16.6. The fraction of sp³-hybridized carbons (Fsp3) is 0.421. The van der Waals surface area contributed by atoms with E-state index in [0.717, 1.165) is 18.9 Å². The highest BCUT2D eigenvalue weighted by atomic mass is 19.1. The molecule has 4 rings (SSSR count). The van der Waals surface area contributed by atoms with Crippen LogP contribution in [0.3, 0.4) is 0 Å². The fourth-order valence-electron chi connectivity index (χ4n) is 3.70. The summed E-state index contributed by atoms with van der Waals surface area (Å²) in [6.07, 6.45) is 3.11. The van der Waals surface area contributed by atoms with E-state index in [-0.39, 0.29) is 22.9 Å². The molecule has 1 amide bonds. The number of fused-ring (bicyclic) bond motifs is 1. The largest absolute Gasteiger partial charge is 0.477 e. The number of nitrogens with zero attached hydrogens (tertiary/aromatic N) is 3. The maximum atomic E-state index is 14.8. The first kappa shape index (κ1) is 18.4. The van der Waals surface area contributed by atoms with Gasteiger partial charge in [0.05, 0.1) is 11.2 Å². The van der Waals surface area contributed by atoms with Crippen molar-refractivity contribution in [3.05, 3.63) is 39.9 Å². The Morgan fingerprint density at radius 1 is 1.14 bits per heavy atom. The van der Waals surface area contributed by atoms with Crippen molar-refractivity contribution in [2.24, 2.45) is 0 Å². The lowest BCUT2D eigenvalue weighted by Gasteiger charge is -2.36. The number of halogens is 1. The number of pyridine rings is 1. The summed E-state index contributed by atoms with van der Waals surface area (Å²) >= 11 is 0. The smallest absolute Gasteiger partial charge is 0.341 e.